The maximum absolute atomic E-state index is 14.3. The number of phenols is 2. The first-order chi connectivity index (χ1) is 35.8. The van der Waals surface area contributed by atoms with E-state index in [0.29, 0.717) is 30.9 Å². The number of nitrogens with one attached hydrogen (secondary N) is 4. The third-order valence-corrected chi connectivity index (χ3v) is 14.4. The Hall–Kier alpha value is -7.08. The first-order valence-corrected chi connectivity index (χ1v) is 24.8. The van der Waals surface area contributed by atoms with Gasteiger partial charge in [-0.1, -0.05) is 38.1 Å². The van der Waals surface area contributed by atoms with Crippen molar-refractivity contribution in [1.82, 2.24) is 25.8 Å². The van der Waals surface area contributed by atoms with Gasteiger partial charge in [-0.15, -0.1) is 0 Å². The third kappa shape index (κ3) is 11.3. The molecular formula is C53H62N6O16. The molecular weight excluding hydrogens is 977 g/mol. The molecule has 0 spiro atoms. The molecule has 22 heteroatoms. The van der Waals surface area contributed by atoms with Crippen LogP contribution < -0.4 is 26.0 Å². The summed E-state index contributed by atoms with van der Waals surface area (Å²) < 4.78 is 29.4. The molecule has 6 amide bonds. The number of ether oxygens (including phenoxy) is 5. The van der Waals surface area contributed by atoms with Gasteiger partial charge in [0.25, 0.3) is 11.8 Å². The van der Waals surface area contributed by atoms with E-state index in [2.05, 4.69) is 21.3 Å². The highest BCUT2D eigenvalue weighted by atomic mass is 16.7. The zero-order chi connectivity index (χ0) is 54.0. The van der Waals surface area contributed by atoms with Crippen molar-refractivity contribution < 1.29 is 77.4 Å². The molecule has 75 heavy (non-hydrogen) atoms. The van der Waals surface area contributed by atoms with Crippen LogP contribution in [0.4, 0.5) is 5.69 Å². The second kappa shape index (κ2) is 22.8. The Morgan fingerprint density at radius 3 is 2.24 bits per heavy atom. The summed E-state index contributed by atoms with van der Waals surface area (Å²) >= 11 is 0. The molecule has 0 saturated carbocycles. The van der Waals surface area contributed by atoms with E-state index in [0.717, 1.165) is 17.1 Å². The molecule has 0 bridgehead atoms. The van der Waals surface area contributed by atoms with Crippen molar-refractivity contribution in [3.63, 3.8) is 0 Å². The number of aromatic hydroxyl groups is 2. The zero-order valence-corrected chi connectivity index (χ0v) is 42.4. The predicted molar refractivity (Wildman–Crippen MR) is 264 cm³/mol. The van der Waals surface area contributed by atoms with Crippen LogP contribution in [-0.2, 0) is 60.7 Å². The number of methoxy groups -OCH3 is 2. The Labute approximate surface area is 432 Å². The van der Waals surface area contributed by atoms with Gasteiger partial charge in [0.1, 0.15) is 29.3 Å². The van der Waals surface area contributed by atoms with Crippen LogP contribution in [0.25, 0.3) is 0 Å². The lowest BCUT2D eigenvalue weighted by Crippen LogP contribution is -2.59. The van der Waals surface area contributed by atoms with Gasteiger partial charge >= 0.3 is 0 Å². The Morgan fingerprint density at radius 1 is 0.853 bits per heavy atom. The molecule has 2 fully saturated rings. The van der Waals surface area contributed by atoms with Crippen LogP contribution in [0, 0.1) is 11.8 Å². The minimum Gasteiger partial charge on any atom is -0.507 e. The molecule has 7 N–H and O–H groups in total. The van der Waals surface area contributed by atoms with Gasteiger partial charge in [0, 0.05) is 92.6 Å². The molecule has 2 aliphatic carbocycles. The molecule has 3 aromatic rings. The topological polar surface area (TPSA) is 298 Å². The van der Waals surface area contributed by atoms with Crippen molar-refractivity contribution >= 4 is 52.7 Å². The van der Waals surface area contributed by atoms with Crippen LogP contribution in [0.15, 0.2) is 54.6 Å². The molecule has 0 radical (unpaired) electrons. The minimum atomic E-state index is -1.17. The highest BCUT2D eigenvalue weighted by Gasteiger charge is 2.47. The van der Waals surface area contributed by atoms with Crippen LogP contribution in [0.1, 0.15) is 102 Å². The summed E-state index contributed by atoms with van der Waals surface area (Å²) in [5.74, 6) is -7.03. The molecule has 22 nitrogen and oxygen atoms in total. The van der Waals surface area contributed by atoms with Gasteiger partial charge in [0.05, 0.1) is 48.7 Å². The molecule has 9 atom stereocenters. The average molecular weight is 1040 g/mol. The van der Waals surface area contributed by atoms with Gasteiger partial charge in [0.15, 0.2) is 18.4 Å². The van der Waals surface area contributed by atoms with E-state index in [1.54, 1.807) is 45.0 Å². The van der Waals surface area contributed by atoms with Crippen molar-refractivity contribution in [2.45, 2.75) is 109 Å². The van der Waals surface area contributed by atoms with Gasteiger partial charge in [-0.2, -0.15) is 0 Å². The normalized spacial score (nSPS) is 24.2. The molecule has 3 heterocycles. The number of anilines is 1. The number of morpholine rings is 1. The average Bonchev–Trinajstić information content (AvgIpc) is 3.74. The summed E-state index contributed by atoms with van der Waals surface area (Å²) in [4.78, 5) is 108. The first kappa shape index (κ1) is 54.2. The lowest BCUT2D eigenvalue weighted by atomic mass is 9.74. The van der Waals surface area contributed by atoms with Crippen LogP contribution >= 0.6 is 0 Å². The van der Waals surface area contributed by atoms with Crippen molar-refractivity contribution in [3.05, 3.63) is 93.6 Å². The van der Waals surface area contributed by atoms with Crippen LogP contribution in [0.5, 0.6) is 17.2 Å². The van der Waals surface area contributed by atoms with E-state index in [1.165, 1.54) is 39.3 Å². The zero-order valence-electron chi connectivity index (χ0n) is 42.4. The molecule has 5 aliphatic rings. The smallest absolute Gasteiger partial charge is 0.253 e. The Balaban J connectivity index is 0.946. The van der Waals surface area contributed by atoms with E-state index in [1.807, 2.05) is 4.90 Å². The van der Waals surface area contributed by atoms with Crippen LogP contribution in [0.2, 0.25) is 0 Å². The molecule has 3 aliphatic heterocycles. The highest BCUT2D eigenvalue weighted by Crippen LogP contribution is 2.52. The number of carbonyl (C=O) groups excluding carboxylic acids is 8. The van der Waals surface area contributed by atoms with Crippen molar-refractivity contribution in [1.29, 1.82) is 0 Å². The van der Waals surface area contributed by atoms with E-state index < -0.39 is 125 Å². The molecule has 0 aromatic heterocycles. The summed E-state index contributed by atoms with van der Waals surface area (Å²) in [5.41, 5.74) is 0.166. The maximum atomic E-state index is 14.3. The van der Waals surface area contributed by atoms with Gasteiger partial charge in [-0.05, 0) is 56.4 Å². The Kier molecular flexibility index (Phi) is 16.5. The quantitative estimate of drug-likeness (QED) is 0.0587. The number of imide groups is 1. The van der Waals surface area contributed by atoms with E-state index in [9.17, 15) is 53.7 Å². The van der Waals surface area contributed by atoms with E-state index in [4.69, 9.17) is 23.7 Å². The maximum Gasteiger partial charge on any atom is 0.253 e. The summed E-state index contributed by atoms with van der Waals surface area (Å²) in [6, 6.07) is 8.51. The highest BCUT2D eigenvalue weighted by molar-refractivity contribution is 6.31. The largest absolute Gasteiger partial charge is 0.507 e. The summed E-state index contributed by atoms with van der Waals surface area (Å²) in [5, 5.41) is 46.4. The van der Waals surface area contributed by atoms with Crippen LogP contribution in [0.3, 0.4) is 0 Å². The molecule has 2 saturated heterocycles. The fraction of sp³-hybridized carbons (Fsp3) is 0.472. The number of nitrogens with zero attached hydrogens (tertiary/aromatic N) is 2. The number of carbonyl (C=O) groups is 8. The molecule has 3 aromatic carbocycles. The Morgan fingerprint density at radius 2 is 1.56 bits per heavy atom. The number of phenolic OH excluding ortho intramolecular Hbond substituents is 2. The minimum absolute atomic E-state index is 0.0239. The number of amides is 6. The lowest BCUT2D eigenvalue weighted by molar-refractivity contribution is -0.264. The van der Waals surface area contributed by atoms with Crippen LogP contribution in [-0.4, -0.2) is 156 Å². The number of ketones is 2. The number of hydrogen-bond donors (Lipinski definition) is 7. The van der Waals surface area contributed by atoms with Gasteiger partial charge in [-0.3, -0.25) is 48.2 Å². The van der Waals surface area contributed by atoms with Crippen molar-refractivity contribution in [2.24, 2.45) is 11.8 Å². The summed E-state index contributed by atoms with van der Waals surface area (Å²) in [6.07, 6.45) is -2.38. The third-order valence-electron chi connectivity index (χ3n) is 14.4. The van der Waals surface area contributed by atoms with Gasteiger partial charge < -0.3 is 60.3 Å². The fourth-order valence-corrected chi connectivity index (χ4v) is 10.2. The number of rotatable bonds is 17. The van der Waals surface area contributed by atoms with Crippen molar-refractivity contribution in [2.75, 3.05) is 45.8 Å². The number of hydrogen-bond acceptors (Lipinski definition) is 17. The standard InChI is InChI=1S/C53H62N6O16/c1-25(2)45(57-36(60)16-17-59-37(61)14-15-38(59)62)53(70)55-26(3)51(68)56-30-12-10-28(11-13-30)23-54-52(69)29-20-32-42(50(67)44-43(48(32)65)47(64)31-8-7-9-34(71-5)41(31)49(44)66)35(21-29)75-39-22-33(46(63)27(4)74-39)58-18-19-73-40(24-58)72-6/h7-15,25-27,29,33,35,39-40,45-46,63,65,67H,16-24H2,1-6H3,(H,54,69)(H,55,70)(H,56,68)(H,57,60)/t26-,27-,29?,33-,35-,39-,40-,45-,46+/m0/s1. The molecule has 8 rings (SSSR count). The Bertz CT molecular complexity index is 2780. The molecule has 400 valence electrons. The second-order valence-electron chi connectivity index (χ2n) is 19.6. The van der Waals surface area contributed by atoms with Gasteiger partial charge in [0.2, 0.25) is 29.4 Å². The number of aliphatic hydroxyl groups excluding tert-OH is 1. The number of aliphatic hydroxyl groups is 1. The fourth-order valence-electron chi connectivity index (χ4n) is 10.2. The molecule has 1 unspecified atom stereocenters. The summed E-state index contributed by atoms with van der Waals surface area (Å²) in [7, 11) is 2.87. The van der Waals surface area contributed by atoms with Gasteiger partial charge in [-0.25, -0.2) is 0 Å². The lowest BCUT2D eigenvalue weighted by Gasteiger charge is -2.46. The first-order valence-electron chi connectivity index (χ1n) is 24.8. The number of benzene rings is 3. The summed E-state index contributed by atoms with van der Waals surface area (Å²) in [6.45, 7) is 7.69. The SMILES string of the molecule is COc1cccc2c1C(=O)c1c(O)c3c(c(O)c1C2=O)CC(C(=O)NCc1ccc(NC(=O)[C@H](C)NC(=O)[C@@H](NC(=O)CCN2C(=O)C=CC2=O)C(C)C)cc1)C[C@@H]3O[C@H]1C[C@H](N2CCO[C@H](OC)C2)[C@H](O)[C@H](C)O1. The second-order valence-corrected chi connectivity index (χ2v) is 19.6. The monoisotopic (exact) mass is 1040 g/mol. The van der Waals surface area contributed by atoms with Crippen molar-refractivity contribution in [3.8, 4) is 17.2 Å². The van der Waals surface area contributed by atoms with E-state index >= 15 is 0 Å². The van der Waals surface area contributed by atoms with E-state index in [-0.39, 0.29) is 72.7 Å². The predicted octanol–water partition coefficient (Wildman–Crippen LogP) is 1.89. The number of fused-ring (bicyclic) bond motifs is 3.